The van der Waals surface area contributed by atoms with E-state index in [1.165, 1.54) is 12.3 Å². The summed E-state index contributed by atoms with van der Waals surface area (Å²) in [6.45, 7) is 0. The van der Waals surface area contributed by atoms with Gasteiger partial charge in [0.05, 0.1) is 16.9 Å². The molecule has 3 nitrogen and oxygen atoms in total. The van der Waals surface area contributed by atoms with E-state index >= 15 is 0 Å². The first-order valence-electron chi connectivity index (χ1n) is 6.58. The average Bonchev–Trinajstić information content (AvgIpc) is 2.97. The molecule has 2 N–H and O–H groups in total. The van der Waals surface area contributed by atoms with Crippen LogP contribution in [0, 0.1) is 5.82 Å². The Morgan fingerprint density at radius 2 is 2.00 bits per heavy atom. The van der Waals surface area contributed by atoms with Gasteiger partial charge in [-0.3, -0.25) is 4.98 Å². The maximum Gasteiger partial charge on any atom is 0.141 e. The van der Waals surface area contributed by atoms with Crippen molar-refractivity contribution in [2.75, 3.05) is 0 Å². The average molecular weight is 299 g/mol. The lowest BCUT2D eigenvalue weighted by molar-refractivity contribution is 0.610. The Bertz CT molecular complexity index is 727. The fraction of sp³-hybridized carbons (Fsp3) is 0.125. The summed E-state index contributed by atoms with van der Waals surface area (Å²) in [4.78, 5) is 8.42. The minimum absolute atomic E-state index is 0.303. The van der Waals surface area contributed by atoms with Crippen LogP contribution in [0.1, 0.15) is 16.6 Å². The highest BCUT2D eigenvalue weighted by atomic mass is 32.1. The maximum atomic E-state index is 13.2. The van der Waals surface area contributed by atoms with Crippen molar-refractivity contribution in [3.63, 3.8) is 0 Å². The highest BCUT2D eigenvalue weighted by Gasteiger charge is 2.12. The van der Waals surface area contributed by atoms with E-state index in [-0.39, 0.29) is 11.9 Å². The molecule has 0 amide bonds. The number of nitrogens with zero attached hydrogens (tertiary/aromatic N) is 2. The molecular weight excluding hydrogens is 285 g/mol. The third-order valence-corrected chi connectivity index (χ3v) is 4.04. The number of aromatic nitrogens is 2. The van der Waals surface area contributed by atoms with Gasteiger partial charge in [0.15, 0.2) is 0 Å². The van der Waals surface area contributed by atoms with E-state index in [9.17, 15) is 4.39 Å². The van der Waals surface area contributed by atoms with E-state index in [2.05, 4.69) is 9.97 Å². The van der Waals surface area contributed by atoms with Gasteiger partial charge in [-0.2, -0.15) is 0 Å². The summed E-state index contributed by atoms with van der Waals surface area (Å²) in [5, 5.41) is 2.95. The van der Waals surface area contributed by atoms with Gasteiger partial charge in [-0.05, 0) is 11.6 Å². The van der Waals surface area contributed by atoms with Crippen LogP contribution >= 0.6 is 11.3 Å². The van der Waals surface area contributed by atoms with Gasteiger partial charge in [-0.1, -0.05) is 30.3 Å². The molecular formula is C16H14FN3S. The summed E-state index contributed by atoms with van der Waals surface area (Å²) in [6, 6.07) is 11.1. The quantitative estimate of drug-likeness (QED) is 0.801. The largest absolute Gasteiger partial charge is 0.324 e. The van der Waals surface area contributed by atoms with E-state index < -0.39 is 0 Å². The zero-order valence-corrected chi connectivity index (χ0v) is 12.1. The Balaban J connectivity index is 1.75. The Morgan fingerprint density at radius 1 is 1.19 bits per heavy atom. The molecule has 0 spiro atoms. The van der Waals surface area contributed by atoms with Crippen LogP contribution in [0.4, 0.5) is 4.39 Å². The lowest BCUT2D eigenvalue weighted by Crippen LogP contribution is -2.13. The van der Waals surface area contributed by atoms with E-state index in [0.29, 0.717) is 12.0 Å². The van der Waals surface area contributed by atoms with Crippen molar-refractivity contribution < 1.29 is 4.39 Å². The van der Waals surface area contributed by atoms with Crippen LogP contribution < -0.4 is 5.73 Å². The molecule has 1 atom stereocenters. The summed E-state index contributed by atoms with van der Waals surface area (Å²) in [6.07, 6.45) is 3.34. The monoisotopic (exact) mass is 299 g/mol. The first kappa shape index (κ1) is 13.9. The number of hydrogen-bond acceptors (Lipinski definition) is 4. The van der Waals surface area contributed by atoms with Gasteiger partial charge in [0, 0.05) is 29.6 Å². The predicted octanol–water partition coefficient (Wildman–Crippen LogP) is 3.59. The third kappa shape index (κ3) is 3.32. The second-order valence-corrected chi connectivity index (χ2v) is 5.68. The molecule has 0 radical (unpaired) electrons. The molecule has 0 saturated heterocycles. The van der Waals surface area contributed by atoms with Crippen LogP contribution in [-0.4, -0.2) is 9.97 Å². The topological polar surface area (TPSA) is 51.8 Å². The van der Waals surface area contributed by atoms with E-state index in [0.717, 1.165) is 16.3 Å². The van der Waals surface area contributed by atoms with Crippen LogP contribution in [-0.2, 0) is 6.42 Å². The smallest absolute Gasteiger partial charge is 0.141 e. The normalized spacial score (nSPS) is 12.3. The van der Waals surface area contributed by atoms with Gasteiger partial charge in [0.25, 0.3) is 0 Å². The van der Waals surface area contributed by atoms with Crippen molar-refractivity contribution in [1.29, 1.82) is 0 Å². The Labute approximate surface area is 126 Å². The summed E-state index contributed by atoms with van der Waals surface area (Å²) >= 11 is 1.57. The predicted molar refractivity (Wildman–Crippen MR) is 82.4 cm³/mol. The van der Waals surface area contributed by atoms with E-state index in [4.69, 9.17) is 5.73 Å². The van der Waals surface area contributed by atoms with E-state index in [1.807, 2.05) is 35.7 Å². The SMILES string of the molecule is NC(Cc1nc(-c2ccccc2)cs1)c1cncc(F)c1. The standard InChI is InChI=1S/C16H14FN3S/c17-13-6-12(8-19-9-13)14(18)7-16-20-15(10-21-16)11-4-2-1-3-5-11/h1-6,8-10,14H,7,18H2. The summed E-state index contributed by atoms with van der Waals surface area (Å²) in [5.74, 6) is -0.368. The molecule has 1 unspecified atom stereocenters. The maximum absolute atomic E-state index is 13.2. The van der Waals surface area contributed by atoms with Crippen LogP contribution in [0.2, 0.25) is 0 Å². The highest BCUT2D eigenvalue weighted by molar-refractivity contribution is 7.09. The van der Waals surface area contributed by atoms with Crippen molar-refractivity contribution in [3.05, 3.63) is 70.6 Å². The number of thiazole rings is 1. The lowest BCUT2D eigenvalue weighted by atomic mass is 10.1. The van der Waals surface area contributed by atoms with Crippen LogP contribution in [0.5, 0.6) is 0 Å². The molecule has 0 fully saturated rings. The van der Waals surface area contributed by atoms with Crippen molar-refractivity contribution in [2.45, 2.75) is 12.5 Å². The zero-order chi connectivity index (χ0) is 14.7. The molecule has 2 heterocycles. The van der Waals surface area contributed by atoms with E-state index in [1.54, 1.807) is 17.5 Å². The van der Waals surface area contributed by atoms with Gasteiger partial charge in [-0.15, -0.1) is 11.3 Å². The molecule has 0 aliphatic rings. The minimum Gasteiger partial charge on any atom is -0.324 e. The number of rotatable bonds is 4. The Hall–Kier alpha value is -2.11. The third-order valence-electron chi connectivity index (χ3n) is 3.17. The molecule has 2 aromatic heterocycles. The number of hydrogen-bond donors (Lipinski definition) is 1. The number of pyridine rings is 1. The molecule has 0 aliphatic carbocycles. The molecule has 5 heteroatoms. The van der Waals surface area contributed by atoms with Crippen LogP contribution in [0.25, 0.3) is 11.3 Å². The molecule has 1 aromatic carbocycles. The van der Waals surface area contributed by atoms with Crippen molar-refractivity contribution in [3.8, 4) is 11.3 Å². The van der Waals surface area contributed by atoms with Crippen LogP contribution in [0.15, 0.2) is 54.2 Å². The Morgan fingerprint density at radius 3 is 2.76 bits per heavy atom. The number of benzene rings is 1. The zero-order valence-electron chi connectivity index (χ0n) is 11.2. The molecule has 0 saturated carbocycles. The second kappa shape index (κ2) is 6.11. The fourth-order valence-corrected chi connectivity index (χ4v) is 2.95. The van der Waals surface area contributed by atoms with Crippen molar-refractivity contribution >= 4 is 11.3 Å². The van der Waals surface area contributed by atoms with Gasteiger partial charge in [0.1, 0.15) is 5.82 Å². The highest BCUT2D eigenvalue weighted by Crippen LogP contribution is 2.24. The summed E-state index contributed by atoms with van der Waals surface area (Å²) < 4.78 is 13.2. The van der Waals surface area contributed by atoms with Gasteiger partial charge in [0.2, 0.25) is 0 Å². The van der Waals surface area contributed by atoms with Gasteiger partial charge in [-0.25, -0.2) is 9.37 Å². The number of nitrogens with two attached hydrogens (primary N) is 1. The van der Waals surface area contributed by atoms with Crippen molar-refractivity contribution in [1.82, 2.24) is 9.97 Å². The summed E-state index contributed by atoms with van der Waals surface area (Å²) in [7, 11) is 0. The van der Waals surface area contributed by atoms with Crippen LogP contribution in [0.3, 0.4) is 0 Å². The minimum atomic E-state index is -0.368. The van der Waals surface area contributed by atoms with Gasteiger partial charge < -0.3 is 5.73 Å². The Kier molecular flexibility index (Phi) is 4.03. The lowest BCUT2D eigenvalue weighted by Gasteiger charge is -2.09. The molecule has 21 heavy (non-hydrogen) atoms. The first-order chi connectivity index (χ1) is 10.2. The fourth-order valence-electron chi connectivity index (χ4n) is 2.08. The molecule has 3 aromatic rings. The summed E-state index contributed by atoms with van der Waals surface area (Å²) in [5.41, 5.74) is 8.82. The van der Waals surface area contributed by atoms with Gasteiger partial charge >= 0.3 is 0 Å². The number of halogens is 1. The molecule has 3 rings (SSSR count). The molecule has 0 bridgehead atoms. The molecule has 106 valence electrons. The molecule has 0 aliphatic heterocycles. The van der Waals surface area contributed by atoms with Crippen molar-refractivity contribution in [2.24, 2.45) is 5.73 Å². The second-order valence-electron chi connectivity index (χ2n) is 4.74. The first-order valence-corrected chi connectivity index (χ1v) is 7.46.